The maximum Gasteiger partial charge on any atom is 0.306 e. The van der Waals surface area contributed by atoms with E-state index in [0.717, 1.165) is 57.8 Å². The Labute approximate surface area is 496 Å². The lowest BCUT2D eigenvalue weighted by Gasteiger charge is -2.28. The molecule has 0 aromatic carbocycles. The van der Waals surface area contributed by atoms with Crippen LogP contribution in [0.5, 0.6) is 0 Å². The number of quaternary nitrogens is 1. The van der Waals surface area contributed by atoms with Crippen molar-refractivity contribution in [1.29, 1.82) is 0 Å². The second kappa shape index (κ2) is 61.5. The van der Waals surface area contributed by atoms with E-state index in [9.17, 15) is 19.0 Å². The second-order valence-corrected chi connectivity index (χ2v) is 25.9. The minimum Gasteiger partial charge on any atom is -0.756 e. The number of ether oxygens (including phenoxy) is 2. The first kappa shape index (κ1) is 78.0. The zero-order valence-electron chi connectivity index (χ0n) is 53.5. The van der Waals surface area contributed by atoms with Gasteiger partial charge in [-0.1, -0.05) is 294 Å². The Hall–Kier alpha value is -2.03. The summed E-state index contributed by atoms with van der Waals surface area (Å²) in [7, 11) is 1.17. The minimum atomic E-state index is -4.64. The fraction of sp³-hybridized carbons (Fsp3) is 0.857. The van der Waals surface area contributed by atoms with Crippen LogP contribution in [-0.4, -0.2) is 70.0 Å². The molecule has 9 nitrogen and oxygen atoms in total. The maximum atomic E-state index is 12.8. The summed E-state index contributed by atoms with van der Waals surface area (Å²) < 4.78 is 34.3. The molecule has 0 fully saturated rings. The van der Waals surface area contributed by atoms with Crippen LogP contribution in [0.15, 0.2) is 48.6 Å². The molecule has 0 aromatic rings. The van der Waals surface area contributed by atoms with Crippen LogP contribution in [0.25, 0.3) is 0 Å². The monoisotopic (exact) mass is 1150 g/mol. The number of rotatable bonds is 64. The molecule has 0 bridgehead atoms. The van der Waals surface area contributed by atoms with Crippen LogP contribution in [0.3, 0.4) is 0 Å². The molecule has 2 unspecified atom stereocenters. The second-order valence-electron chi connectivity index (χ2n) is 24.5. The van der Waals surface area contributed by atoms with E-state index in [2.05, 4.69) is 62.5 Å². The zero-order valence-corrected chi connectivity index (χ0v) is 54.4. The molecule has 0 spiro atoms. The van der Waals surface area contributed by atoms with Crippen molar-refractivity contribution in [2.24, 2.45) is 0 Å². The van der Waals surface area contributed by atoms with Gasteiger partial charge in [0.1, 0.15) is 19.8 Å². The highest BCUT2D eigenvalue weighted by Crippen LogP contribution is 2.38. The van der Waals surface area contributed by atoms with E-state index in [1.54, 1.807) is 0 Å². The third-order valence-electron chi connectivity index (χ3n) is 15.3. The summed E-state index contributed by atoms with van der Waals surface area (Å²) in [6, 6.07) is 0. The molecule has 0 saturated carbocycles. The van der Waals surface area contributed by atoms with Gasteiger partial charge in [-0.05, 0) is 77.0 Å². The largest absolute Gasteiger partial charge is 0.756 e. The highest BCUT2D eigenvalue weighted by Gasteiger charge is 2.22. The number of unbranched alkanes of at least 4 members (excludes halogenated alkanes) is 42. The smallest absolute Gasteiger partial charge is 0.306 e. The van der Waals surface area contributed by atoms with Crippen molar-refractivity contribution in [2.75, 3.05) is 47.5 Å². The normalized spacial score (nSPS) is 13.4. The predicted molar refractivity (Wildman–Crippen MR) is 342 cm³/mol. The lowest BCUT2D eigenvalue weighted by Crippen LogP contribution is -2.37. The number of phosphoric acid groups is 1. The van der Waals surface area contributed by atoms with E-state index < -0.39 is 26.5 Å². The molecule has 0 aliphatic carbocycles. The molecule has 0 aliphatic rings. The number of nitrogens with zero attached hydrogens (tertiary/aromatic N) is 1. The van der Waals surface area contributed by atoms with Crippen molar-refractivity contribution in [3.63, 3.8) is 0 Å². The van der Waals surface area contributed by atoms with Gasteiger partial charge in [0.25, 0.3) is 7.82 Å². The fourth-order valence-corrected chi connectivity index (χ4v) is 10.7. The Bertz CT molecular complexity index is 1490. The van der Waals surface area contributed by atoms with E-state index in [1.165, 1.54) is 244 Å². The van der Waals surface area contributed by atoms with Crippen molar-refractivity contribution in [3.8, 4) is 0 Å². The topological polar surface area (TPSA) is 111 Å². The van der Waals surface area contributed by atoms with E-state index >= 15 is 0 Å². The first-order valence-electron chi connectivity index (χ1n) is 34.3. The first-order valence-corrected chi connectivity index (χ1v) is 35.8. The Morgan fingerprint density at radius 3 is 1.01 bits per heavy atom. The number of esters is 2. The Morgan fingerprint density at radius 2 is 0.675 bits per heavy atom. The van der Waals surface area contributed by atoms with Crippen LogP contribution in [0.2, 0.25) is 0 Å². The van der Waals surface area contributed by atoms with Gasteiger partial charge in [-0.2, -0.15) is 0 Å². The number of phosphoric ester groups is 1. The van der Waals surface area contributed by atoms with Crippen molar-refractivity contribution in [2.45, 2.75) is 341 Å². The summed E-state index contributed by atoms with van der Waals surface area (Å²) >= 11 is 0. The number of hydrogen-bond acceptors (Lipinski definition) is 8. The summed E-state index contributed by atoms with van der Waals surface area (Å²) in [5.41, 5.74) is 0. The molecule has 0 amide bonds. The van der Waals surface area contributed by atoms with Crippen LogP contribution in [0.1, 0.15) is 335 Å². The standard InChI is InChI=1S/C70H132NO8P/c1-6-8-10-12-14-16-18-20-22-24-26-28-30-32-33-34-35-36-37-39-40-42-44-46-48-50-52-54-56-58-60-62-69(72)76-66-68(67-78-80(74,75)77-65-64-71(3,4)5)79-70(73)63-61-59-57-55-53-51-49-47-45-43-41-38-31-29-27-25-23-21-19-17-15-13-11-9-7-2/h19,21,24-27,31,38,68H,6-18,20,22-23,28-30,32-37,39-67H2,1-5H3/b21-19-,26-24-,27-25-,38-31-. The van der Waals surface area contributed by atoms with Crippen LogP contribution >= 0.6 is 7.82 Å². The van der Waals surface area contributed by atoms with E-state index in [1.807, 2.05) is 21.1 Å². The molecular formula is C70H132NO8P. The van der Waals surface area contributed by atoms with Crippen molar-refractivity contribution < 1.29 is 42.1 Å². The van der Waals surface area contributed by atoms with Gasteiger partial charge in [0.2, 0.25) is 0 Å². The number of likely N-dealkylation sites (N-methyl/N-ethyl adjacent to an activating group) is 1. The summed E-state index contributed by atoms with van der Waals surface area (Å²) in [6.07, 6.45) is 79.0. The highest BCUT2D eigenvalue weighted by molar-refractivity contribution is 7.45. The van der Waals surface area contributed by atoms with Gasteiger partial charge in [-0.15, -0.1) is 0 Å². The van der Waals surface area contributed by atoms with Crippen LogP contribution in [0.4, 0.5) is 0 Å². The zero-order chi connectivity index (χ0) is 58.4. The molecule has 10 heteroatoms. The minimum absolute atomic E-state index is 0.0309. The van der Waals surface area contributed by atoms with E-state index in [-0.39, 0.29) is 32.0 Å². The van der Waals surface area contributed by atoms with Gasteiger partial charge in [-0.25, -0.2) is 0 Å². The molecule has 0 aliphatic heterocycles. The molecule has 80 heavy (non-hydrogen) atoms. The number of hydrogen-bond donors (Lipinski definition) is 0. The van der Waals surface area contributed by atoms with Crippen LogP contribution < -0.4 is 4.89 Å². The highest BCUT2D eigenvalue weighted by atomic mass is 31.2. The SMILES string of the molecule is CCCCCCC/C=C\C/C=C\C/C=C\CCCCCCCCCCCCC(=O)OC(COC(=O)CCCCCCCCCCCCCCCCCCCCC/C=C\CCCCCCCCCC)COP(=O)([O-])OCC[N+](C)(C)C. The first-order chi connectivity index (χ1) is 39.0. The number of carbonyl (C=O) groups is 2. The Morgan fingerprint density at radius 1 is 0.388 bits per heavy atom. The van der Waals surface area contributed by atoms with E-state index in [4.69, 9.17) is 18.5 Å². The quantitative estimate of drug-likeness (QED) is 0.0195. The van der Waals surface area contributed by atoms with E-state index in [0.29, 0.717) is 17.4 Å². The molecule has 0 saturated heterocycles. The molecule has 0 N–H and O–H groups in total. The van der Waals surface area contributed by atoms with Crippen molar-refractivity contribution in [3.05, 3.63) is 48.6 Å². The third-order valence-corrected chi connectivity index (χ3v) is 16.3. The number of carbonyl (C=O) groups excluding carboxylic acids is 2. The summed E-state index contributed by atoms with van der Waals surface area (Å²) in [6.45, 7) is 4.27. The summed E-state index contributed by atoms with van der Waals surface area (Å²) in [5, 5.41) is 0. The predicted octanol–water partition coefficient (Wildman–Crippen LogP) is 21.4. The lowest BCUT2D eigenvalue weighted by molar-refractivity contribution is -0.870. The van der Waals surface area contributed by atoms with Crippen molar-refractivity contribution in [1.82, 2.24) is 0 Å². The molecular weight excluding hydrogens is 1010 g/mol. The molecule has 470 valence electrons. The average Bonchev–Trinajstić information content (AvgIpc) is 3.42. The molecule has 0 heterocycles. The molecule has 0 rings (SSSR count). The average molecular weight is 1150 g/mol. The lowest BCUT2D eigenvalue weighted by atomic mass is 10.0. The molecule has 2 atom stereocenters. The van der Waals surface area contributed by atoms with Gasteiger partial charge in [0, 0.05) is 12.8 Å². The number of allylic oxidation sites excluding steroid dienone is 8. The fourth-order valence-electron chi connectivity index (χ4n) is 10.0. The summed E-state index contributed by atoms with van der Waals surface area (Å²) in [4.78, 5) is 38.0. The molecule has 0 aromatic heterocycles. The molecule has 0 radical (unpaired) electrons. The Kier molecular flexibility index (Phi) is 60.0. The Balaban J connectivity index is 4.03. The van der Waals surface area contributed by atoms with Crippen LogP contribution in [0, 0.1) is 0 Å². The maximum absolute atomic E-state index is 12.8. The third kappa shape index (κ3) is 65.1. The van der Waals surface area contributed by atoms with Gasteiger partial charge in [-0.3, -0.25) is 14.2 Å². The van der Waals surface area contributed by atoms with Gasteiger partial charge >= 0.3 is 11.9 Å². The van der Waals surface area contributed by atoms with Gasteiger partial charge in [0.15, 0.2) is 6.10 Å². The van der Waals surface area contributed by atoms with Gasteiger partial charge in [0.05, 0.1) is 27.7 Å². The van der Waals surface area contributed by atoms with Crippen LogP contribution in [-0.2, 0) is 32.7 Å². The van der Waals surface area contributed by atoms with Gasteiger partial charge < -0.3 is 27.9 Å². The summed E-state index contributed by atoms with van der Waals surface area (Å²) in [5.74, 6) is -0.823. The van der Waals surface area contributed by atoms with Crippen molar-refractivity contribution >= 4 is 19.8 Å².